The Balaban J connectivity index is 1.88. The van der Waals surface area contributed by atoms with E-state index in [0.29, 0.717) is 11.2 Å². The second kappa shape index (κ2) is 5.88. The van der Waals surface area contributed by atoms with E-state index in [2.05, 4.69) is 4.98 Å². The third-order valence-electron chi connectivity index (χ3n) is 4.72. The highest BCUT2D eigenvalue weighted by atomic mass is 16.3. The minimum Gasteiger partial charge on any atom is -0.508 e. The van der Waals surface area contributed by atoms with Crippen molar-refractivity contribution in [3.05, 3.63) is 89.1 Å². The molecule has 2 N–H and O–H groups in total. The predicted octanol–water partition coefficient (Wildman–Crippen LogP) is 5.31. The van der Waals surface area contributed by atoms with Crippen LogP contribution in [0.2, 0.25) is 0 Å². The Morgan fingerprint density at radius 3 is 2.37 bits per heavy atom. The number of nitrogens with one attached hydrogen (secondary N) is 1. The minimum absolute atomic E-state index is 0.0819. The van der Waals surface area contributed by atoms with E-state index in [1.807, 2.05) is 48.5 Å². The number of rotatable bonds is 2. The molecule has 0 bridgehead atoms. The van der Waals surface area contributed by atoms with Gasteiger partial charge < -0.3 is 14.5 Å². The smallest absolute Gasteiger partial charge is 0.182 e. The van der Waals surface area contributed by atoms with Crippen LogP contribution in [0.5, 0.6) is 5.75 Å². The first kappa shape index (κ1) is 15.5. The highest BCUT2D eigenvalue weighted by molar-refractivity contribution is 6.08. The quantitative estimate of drug-likeness (QED) is 0.452. The monoisotopic (exact) mass is 353 g/mol. The first-order valence-electron chi connectivity index (χ1n) is 8.63. The average molecular weight is 353 g/mol. The van der Waals surface area contributed by atoms with Crippen molar-refractivity contribution >= 4 is 22.1 Å². The molecule has 5 rings (SSSR count). The van der Waals surface area contributed by atoms with Crippen LogP contribution in [0.3, 0.4) is 0 Å². The van der Waals surface area contributed by atoms with Crippen LogP contribution in [0, 0.1) is 0 Å². The van der Waals surface area contributed by atoms with Gasteiger partial charge in [-0.2, -0.15) is 0 Å². The highest BCUT2D eigenvalue weighted by Gasteiger charge is 2.15. The van der Waals surface area contributed by atoms with Crippen LogP contribution in [-0.2, 0) is 0 Å². The Morgan fingerprint density at radius 1 is 0.815 bits per heavy atom. The molecule has 0 amide bonds. The minimum atomic E-state index is -0.0819. The molecule has 27 heavy (non-hydrogen) atoms. The molecule has 2 aromatic heterocycles. The van der Waals surface area contributed by atoms with E-state index >= 15 is 0 Å². The normalized spacial score (nSPS) is 11.3. The van der Waals surface area contributed by atoms with Gasteiger partial charge in [0, 0.05) is 22.7 Å². The van der Waals surface area contributed by atoms with Crippen molar-refractivity contribution in [3.63, 3.8) is 0 Å². The van der Waals surface area contributed by atoms with Gasteiger partial charge >= 0.3 is 0 Å². The predicted molar refractivity (Wildman–Crippen MR) is 107 cm³/mol. The molecule has 0 saturated heterocycles. The van der Waals surface area contributed by atoms with Crippen LogP contribution in [0.1, 0.15) is 0 Å². The SMILES string of the molecule is O=c1ccc2c(c1)oc1c(-c3ccccc3)cc(-c3ccc(O)cc3)[nH]c12. The van der Waals surface area contributed by atoms with Crippen molar-refractivity contribution in [2.24, 2.45) is 0 Å². The number of hydrogen-bond donors (Lipinski definition) is 2. The van der Waals surface area contributed by atoms with Gasteiger partial charge in [-0.25, -0.2) is 0 Å². The molecule has 4 nitrogen and oxygen atoms in total. The number of phenols is 1. The molecule has 0 fully saturated rings. The number of hydrogen-bond acceptors (Lipinski definition) is 3. The maximum absolute atomic E-state index is 11.7. The summed E-state index contributed by atoms with van der Waals surface area (Å²) < 4.78 is 6.06. The Labute approximate surface area is 154 Å². The van der Waals surface area contributed by atoms with Crippen molar-refractivity contribution in [2.45, 2.75) is 0 Å². The van der Waals surface area contributed by atoms with Crippen molar-refractivity contribution in [3.8, 4) is 28.1 Å². The average Bonchev–Trinajstić information content (AvgIpc) is 3.06. The Kier molecular flexibility index (Phi) is 3.37. The van der Waals surface area contributed by atoms with Gasteiger partial charge in [0.15, 0.2) is 11.0 Å². The lowest BCUT2D eigenvalue weighted by Crippen LogP contribution is -1.92. The zero-order valence-corrected chi connectivity index (χ0v) is 14.3. The summed E-state index contributed by atoms with van der Waals surface area (Å²) in [6.07, 6.45) is 0. The summed E-state index contributed by atoms with van der Waals surface area (Å²) in [6.45, 7) is 0. The summed E-state index contributed by atoms with van der Waals surface area (Å²) in [5, 5.41) is 10.5. The number of aromatic amines is 1. The molecular formula is C23H15NO3. The summed E-state index contributed by atoms with van der Waals surface area (Å²) in [6, 6.07) is 23.9. The van der Waals surface area contributed by atoms with Crippen LogP contribution in [0.25, 0.3) is 44.5 Å². The van der Waals surface area contributed by atoms with Crippen LogP contribution in [-0.4, -0.2) is 10.1 Å². The zero-order valence-electron chi connectivity index (χ0n) is 14.3. The van der Waals surface area contributed by atoms with Gasteiger partial charge in [0.1, 0.15) is 11.3 Å². The van der Waals surface area contributed by atoms with E-state index < -0.39 is 0 Å². The van der Waals surface area contributed by atoms with E-state index in [9.17, 15) is 9.90 Å². The fourth-order valence-electron chi connectivity index (χ4n) is 3.40. The molecule has 0 saturated carbocycles. The molecule has 0 atom stereocenters. The van der Waals surface area contributed by atoms with Crippen molar-refractivity contribution in [2.75, 3.05) is 0 Å². The number of benzene rings is 3. The summed E-state index contributed by atoms with van der Waals surface area (Å²) in [5.74, 6) is 0.222. The number of furan rings is 1. The van der Waals surface area contributed by atoms with Gasteiger partial charge in [0.25, 0.3) is 0 Å². The van der Waals surface area contributed by atoms with Crippen molar-refractivity contribution < 1.29 is 9.52 Å². The van der Waals surface area contributed by atoms with Gasteiger partial charge in [0.2, 0.25) is 0 Å². The lowest BCUT2D eigenvalue weighted by molar-refractivity contribution is 0.475. The molecule has 4 heteroatoms. The first-order chi connectivity index (χ1) is 13.2. The highest BCUT2D eigenvalue weighted by Crippen LogP contribution is 2.37. The maximum atomic E-state index is 11.7. The number of H-pyrrole nitrogens is 1. The second-order valence-corrected chi connectivity index (χ2v) is 6.47. The summed E-state index contributed by atoms with van der Waals surface area (Å²) in [5.41, 5.74) is 5.85. The van der Waals surface area contributed by atoms with E-state index in [-0.39, 0.29) is 11.2 Å². The molecule has 5 aromatic rings. The van der Waals surface area contributed by atoms with Crippen LogP contribution in [0.4, 0.5) is 0 Å². The number of aromatic nitrogens is 1. The fraction of sp³-hybridized carbons (Fsp3) is 0. The van der Waals surface area contributed by atoms with E-state index in [1.54, 1.807) is 24.3 Å². The van der Waals surface area contributed by atoms with Gasteiger partial charge in [0.05, 0.1) is 5.52 Å². The number of pyridine rings is 1. The standard InChI is InChI=1S/C23H15NO3/c25-16-8-6-15(7-9-16)20-13-19(14-4-2-1-3-5-14)23-22(24-20)18-11-10-17(26)12-21(18)27-23/h1-13,24-25H. The third-order valence-corrected chi connectivity index (χ3v) is 4.72. The molecule has 3 aromatic carbocycles. The molecule has 2 heterocycles. The van der Waals surface area contributed by atoms with Gasteiger partial charge in [-0.15, -0.1) is 0 Å². The molecule has 0 unspecified atom stereocenters. The number of phenolic OH excluding ortho intramolecular Hbond substituents is 1. The van der Waals surface area contributed by atoms with Gasteiger partial charge in [-0.3, -0.25) is 4.79 Å². The van der Waals surface area contributed by atoms with E-state index in [0.717, 1.165) is 33.3 Å². The Hall–Kier alpha value is -3.79. The summed E-state index contributed by atoms with van der Waals surface area (Å²) >= 11 is 0. The molecular weight excluding hydrogens is 338 g/mol. The maximum Gasteiger partial charge on any atom is 0.182 e. The number of aromatic hydroxyl groups is 1. The molecule has 0 radical (unpaired) electrons. The molecule has 0 spiro atoms. The molecule has 0 aliphatic heterocycles. The third kappa shape index (κ3) is 2.59. The van der Waals surface area contributed by atoms with Crippen LogP contribution < -0.4 is 5.43 Å². The molecule has 0 aliphatic carbocycles. The van der Waals surface area contributed by atoms with Crippen LogP contribution >= 0.6 is 0 Å². The first-order valence-corrected chi connectivity index (χ1v) is 8.63. The van der Waals surface area contributed by atoms with E-state index in [1.165, 1.54) is 6.07 Å². The molecule has 130 valence electrons. The largest absolute Gasteiger partial charge is 0.508 e. The lowest BCUT2D eigenvalue weighted by atomic mass is 10.0. The van der Waals surface area contributed by atoms with Crippen molar-refractivity contribution in [1.82, 2.24) is 4.98 Å². The Morgan fingerprint density at radius 2 is 1.59 bits per heavy atom. The molecule has 0 aliphatic rings. The fourth-order valence-corrected chi connectivity index (χ4v) is 3.40. The van der Waals surface area contributed by atoms with Gasteiger partial charge in [-0.05, 0) is 53.6 Å². The van der Waals surface area contributed by atoms with E-state index in [4.69, 9.17) is 4.42 Å². The topological polar surface area (TPSA) is 66.2 Å². The van der Waals surface area contributed by atoms with Gasteiger partial charge in [-0.1, -0.05) is 30.3 Å². The number of fused-ring (bicyclic) bond motifs is 3. The summed E-state index contributed by atoms with van der Waals surface area (Å²) in [7, 11) is 0. The Bertz CT molecular complexity index is 1330. The lowest BCUT2D eigenvalue weighted by Gasteiger charge is -2.08. The zero-order chi connectivity index (χ0) is 18.4. The van der Waals surface area contributed by atoms with Crippen LogP contribution in [0.15, 0.2) is 88.1 Å². The summed E-state index contributed by atoms with van der Waals surface area (Å²) in [4.78, 5) is 15.2. The second-order valence-electron chi connectivity index (χ2n) is 6.47. The van der Waals surface area contributed by atoms with Crippen molar-refractivity contribution in [1.29, 1.82) is 0 Å².